The number of aryl methyl sites for hydroxylation is 1. The average Bonchev–Trinajstić information content (AvgIpc) is 3.14. The predicted octanol–water partition coefficient (Wildman–Crippen LogP) is 1.52. The van der Waals surface area contributed by atoms with Crippen LogP contribution in [-0.2, 0) is 11.8 Å². The summed E-state index contributed by atoms with van der Waals surface area (Å²) in [6.45, 7) is 4.61. The zero-order valence-corrected chi connectivity index (χ0v) is 16.9. The van der Waals surface area contributed by atoms with Gasteiger partial charge in [-0.15, -0.1) is 0 Å². The lowest BCUT2D eigenvalue weighted by Gasteiger charge is -2.38. The van der Waals surface area contributed by atoms with Gasteiger partial charge in [-0.1, -0.05) is 0 Å². The standard InChI is InChI=1S/C21H30N4O3/c1-23-11-13-25(14-12-23)20(19-5-4-10-24(19)2)15-22-21(26)16-28-18-8-6-17(27-3)7-9-18/h4-10,20H,11-16H2,1-3H3,(H,22,26). The minimum absolute atomic E-state index is 0.00504. The molecule has 0 radical (unpaired) electrons. The number of rotatable bonds is 8. The number of likely N-dealkylation sites (N-methyl/N-ethyl adjacent to an activating group) is 1. The summed E-state index contributed by atoms with van der Waals surface area (Å²) >= 11 is 0. The second-order valence-corrected chi connectivity index (χ2v) is 7.17. The van der Waals surface area contributed by atoms with Crippen LogP contribution in [0.5, 0.6) is 11.5 Å². The highest BCUT2D eigenvalue weighted by molar-refractivity contribution is 5.77. The Morgan fingerprint density at radius 2 is 1.75 bits per heavy atom. The van der Waals surface area contributed by atoms with Gasteiger partial charge in [0, 0.05) is 51.7 Å². The molecule has 1 N–H and O–H groups in total. The van der Waals surface area contributed by atoms with Gasteiger partial charge in [-0.3, -0.25) is 9.69 Å². The number of methoxy groups -OCH3 is 1. The highest BCUT2D eigenvalue weighted by Gasteiger charge is 2.25. The number of carbonyl (C=O) groups is 1. The van der Waals surface area contributed by atoms with Gasteiger partial charge >= 0.3 is 0 Å². The van der Waals surface area contributed by atoms with E-state index >= 15 is 0 Å². The smallest absolute Gasteiger partial charge is 0.258 e. The highest BCUT2D eigenvalue weighted by atomic mass is 16.5. The molecule has 1 aliphatic rings. The van der Waals surface area contributed by atoms with Gasteiger partial charge in [0.05, 0.1) is 13.2 Å². The molecular formula is C21H30N4O3. The van der Waals surface area contributed by atoms with Crippen LogP contribution in [-0.4, -0.2) is 73.8 Å². The number of nitrogens with one attached hydrogen (secondary N) is 1. The molecule has 1 aromatic carbocycles. The van der Waals surface area contributed by atoms with Crippen LogP contribution in [0.4, 0.5) is 0 Å². The fraction of sp³-hybridized carbons (Fsp3) is 0.476. The van der Waals surface area contributed by atoms with Gasteiger partial charge in [0.1, 0.15) is 11.5 Å². The monoisotopic (exact) mass is 386 g/mol. The van der Waals surface area contributed by atoms with E-state index in [4.69, 9.17) is 9.47 Å². The van der Waals surface area contributed by atoms with Gasteiger partial charge in [0.15, 0.2) is 6.61 Å². The predicted molar refractivity (Wildman–Crippen MR) is 109 cm³/mol. The Labute approximate surface area is 166 Å². The number of benzene rings is 1. The Kier molecular flexibility index (Phi) is 6.95. The van der Waals surface area contributed by atoms with Crippen molar-refractivity contribution in [1.82, 2.24) is 19.7 Å². The maximum atomic E-state index is 12.3. The summed E-state index contributed by atoms with van der Waals surface area (Å²) in [6.07, 6.45) is 2.05. The zero-order valence-electron chi connectivity index (χ0n) is 16.9. The van der Waals surface area contributed by atoms with Gasteiger partial charge in [-0.05, 0) is 43.4 Å². The molecule has 1 unspecified atom stereocenters. The SMILES string of the molecule is COc1ccc(OCC(=O)NCC(c2cccn2C)N2CCN(C)CC2)cc1. The molecule has 1 aliphatic heterocycles. The van der Waals surface area contributed by atoms with Crippen molar-refractivity contribution in [3.8, 4) is 11.5 Å². The van der Waals surface area contributed by atoms with Crippen LogP contribution in [0.15, 0.2) is 42.6 Å². The number of carbonyl (C=O) groups excluding carboxylic acids is 1. The van der Waals surface area contributed by atoms with Crippen molar-refractivity contribution in [2.75, 3.05) is 53.5 Å². The molecule has 2 heterocycles. The Morgan fingerprint density at radius 1 is 1.07 bits per heavy atom. The van der Waals surface area contributed by atoms with Crippen LogP contribution in [0, 0.1) is 0 Å². The molecule has 7 nitrogen and oxygen atoms in total. The van der Waals surface area contributed by atoms with Crippen LogP contribution in [0.2, 0.25) is 0 Å². The van der Waals surface area contributed by atoms with Gasteiger partial charge in [0.2, 0.25) is 0 Å². The minimum Gasteiger partial charge on any atom is -0.497 e. The van der Waals surface area contributed by atoms with Crippen molar-refractivity contribution in [3.05, 3.63) is 48.3 Å². The van der Waals surface area contributed by atoms with Gasteiger partial charge in [-0.2, -0.15) is 0 Å². The van der Waals surface area contributed by atoms with E-state index in [0.29, 0.717) is 12.3 Å². The van der Waals surface area contributed by atoms with E-state index < -0.39 is 0 Å². The Balaban J connectivity index is 1.55. The van der Waals surface area contributed by atoms with Gasteiger partial charge < -0.3 is 24.3 Å². The lowest BCUT2D eigenvalue weighted by molar-refractivity contribution is -0.123. The molecular weight excluding hydrogens is 356 g/mol. The molecule has 7 heteroatoms. The summed E-state index contributed by atoms with van der Waals surface area (Å²) in [5.74, 6) is 1.28. The second kappa shape index (κ2) is 9.61. The lowest BCUT2D eigenvalue weighted by Crippen LogP contribution is -2.49. The van der Waals surface area contributed by atoms with Crippen LogP contribution in [0.25, 0.3) is 0 Å². The summed E-state index contributed by atoms with van der Waals surface area (Å²) in [5, 5.41) is 3.04. The lowest BCUT2D eigenvalue weighted by atomic mass is 10.1. The van der Waals surface area contributed by atoms with E-state index in [9.17, 15) is 4.79 Å². The van der Waals surface area contributed by atoms with Crippen molar-refractivity contribution in [3.63, 3.8) is 0 Å². The molecule has 0 saturated carbocycles. The number of amides is 1. The first-order valence-electron chi connectivity index (χ1n) is 9.64. The number of hydrogen-bond donors (Lipinski definition) is 1. The van der Waals surface area contributed by atoms with Crippen molar-refractivity contribution in [2.24, 2.45) is 7.05 Å². The van der Waals surface area contributed by atoms with E-state index in [0.717, 1.165) is 31.9 Å². The van der Waals surface area contributed by atoms with E-state index in [1.807, 2.05) is 31.4 Å². The normalized spacial score (nSPS) is 16.5. The molecule has 1 aromatic heterocycles. The van der Waals surface area contributed by atoms with E-state index in [2.05, 4.69) is 32.8 Å². The summed E-state index contributed by atoms with van der Waals surface area (Å²) in [6, 6.07) is 11.5. The minimum atomic E-state index is -0.121. The average molecular weight is 386 g/mol. The fourth-order valence-corrected chi connectivity index (χ4v) is 3.46. The fourth-order valence-electron chi connectivity index (χ4n) is 3.46. The van der Waals surface area contributed by atoms with Crippen LogP contribution in [0.1, 0.15) is 11.7 Å². The van der Waals surface area contributed by atoms with Crippen LogP contribution >= 0.6 is 0 Å². The maximum absolute atomic E-state index is 12.3. The van der Waals surface area contributed by atoms with Crippen molar-refractivity contribution >= 4 is 5.91 Å². The molecule has 152 valence electrons. The van der Waals surface area contributed by atoms with Gasteiger partial charge in [-0.25, -0.2) is 0 Å². The third-order valence-electron chi connectivity index (χ3n) is 5.23. The van der Waals surface area contributed by atoms with E-state index in [-0.39, 0.29) is 18.6 Å². The van der Waals surface area contributed by atoms with Crippen molar-refractivity contribution in [1.29, 1.82) is 0 Å². The number of nitrogens with zero attached hydrogens (tertiary/aromatic N) is 3. The summed E-state index contributed by atoms with van der Waals surface area (Å²) < 4.78 is 12.8. The van der Waals surface area contributed by atoms with E-state index in [1.54, 1.807) is 19.2 Å². The highest BCUT2D eigenvalue weighted by Crippen LogP contribution is 2.22. The number of hydrogen-bond acceptors (Lipinski definition) is 5. The Hall–Kier alpha value is -2.51. The first-order chi connectivity index (χ1) is 13.6. The largest absolute Gasteiger partial charge is 0.497 e. The molecule has 0 bridgehead atoms. The summed E-state index contributed by atoms with van der Waals surface area (Å²) in [5.41, 5.74) is 1.21. The third kappa shape index (κ3) is 5.27. The third-order valence-corrected chi connectivity index (χ3v) is 5.23. The number of piperazine rings is 1. The van der Waals surface area contributed by atoms with E-state index in [1.165, 1.54) is 5.69 Å². The molecule has 1 fully saturated rings. The maximum Gasteiger partial charge on any atom is 0.258 e. The second-order valence-electron chi connectivity index (χ2n) is 7.17. The topological polar surface area (TPSA) is 59.0 Å². The first kappa shape index (κ1) is 20.2. The van der Waals surface area contributed by atoms with Crippen molar-refractivity contribution < 1.29 is 14.3 Å². The molecule has 1 atom stereocenters. The molecule has 3 rings (SSSR count). The molecule has 0 spiro atoms. The molecule has 2 aromatic rings. The number of ether oxygens (including phenoxy) is 2. The van der Waals surface area contributed by atoms with Crippen LogP contribution in [0.3, 0.4) is 0 Å². The molecule has 0 aliphatic carbocycles. The summed E-state index contributed by atoms with van der Waals surface area (Å²) in [7, 11) is 5.81. The Morgan fingerprint density at radius 3 is 2.36 bits per heavy atom. The zero-order chi connectivity index (χ0) is 19.9. The number of aromatic nitrogens is 1. The van der Waals surface area contributed by atoms with Gasteiger partial charge in [0.25, 0.3) is 5.91 Å². The first-order valence-corrected chi connectivity index (χ1v) is 9.64. The quantitative estimate of drug-likeness (QED) is 0.745. The van der Waals surface area contributed by atoms with Crippen LogP contribution < -0.4 is 14.8 Å². The molecule has 1 amide bonds. The molecule has 28 heavy (non-hydrogen) atoms. The Bertz CT molecular complexity index is 751. The molecule has 1 saturated heterocycles. The van der Waals surface area contributed by atoms with Crippen molar-refractivity contribution in [2.45, 2.75) is 6.04 Å². The summed E-state index contributed by atoms with van der Waals surface area (Å²) in [4.78, 5) is 17.1.